The lowest BCUT2D eigenvalue weighted by Gasteiger charge is -2.48. The van der Waals surface area contributed by atoms with Gasteiger partial charge in [-0.2, -0.15) is 0 Å². The second kappa shape index (κ2) is 7.80. The van der Waals surface area contributed by atoms with Gasteiger partial charge in [-0.1, -0.05) is 0 Å². The van der Waals surface area contributed by atoms with Gasteiger partial charge >= 0.3 is 0 Å². The second-order valence-corrected chi connectivity index (χ2v) is 5.79. The van der Waals surface area contributed by atoms with Crippen molar-refractivity contribution in [3.05, 3.63) is 0 Å². The third-order valence-electron chi connectivity index (χ3n) is 4.73. The first-order valence-corrected chi connectivity index (χ1v) is 7.19. The number of carbonyl (C=O) groups excluding carboxylic acids is 1. The number of nitrogens with one attached hydrogen (secondary N) is 1. The van der Waals surface area contributed by atoms with Gasteiger partial charge in [0.25, 0.3) is 0 Å². The van der Waals surface area contributed by atoms with Crippen LogP contribution in [0.5, 0.6) is 0 Å². The van der Waals surface area contributed by atoms with Crippen molar-refractivity contribution >= 4 is 30.7 Å². The van der Waals surface area contributed by atoms with Crippen LogP contribution in [0.1, 0.15) is 12.8 Å². The third kappa shape index (κ3) is 3.57. The van der Waals surface area contributed by atoms with E-state index in [0.717, 1.165) is 45.8 Å². The molecule has 3 fully saturated rings. The van der Waals surface area contributed by atoms with Crippen molar-refractivity contribution in [2.45, 2.75) is 24.9 Å². The van der Waals surface area contributed by atoms with E-state index in [2.05, 4.69) is 15.1 Å². The summed E-state index contributed by atoms with van der Waals surface area (Å²) in [6.45, 7) is 7.34. The summed E-state index contributed by atoms with van der Waals surface area (Å²) >= 11 is 0. The van der Waals surface area contributed by atoms with Gasteiger partial charge in [-0.3, -0.25) is 14.6 Å². The summed E-state index contributed by atoms with van der Waals surface area (Å²) in [7, 11) is 1.93. The number of hydrogen-bond acceptors (Lipinski definition) is 4. The molecule has 0 aromatic heterocycles. The van der Waals surface area contributed by atoms with Crippen LogP contribution in [0, 0.1) is 0 Å². The maximum atomic E-state index is 12.2. The van der Waals surface area contributed by atoms with Gasteiger partial charge in [-0.15, -0.1) is 24.8 Å². The SMILES string of the molecule is CN1CCN2CCN(C3CCNCC3)CC2C1=O.Cl.Cl. The summed E-state index contributed by atoms with van der Waals surface area (Å²) in [6.07, 6.45) is 2.47. The molecule has 1 unspecified atom stereocenters. The van der Waals surface area contributed by atoms with E-state index < -0.39 is 0 Å². The number of halogens is 2. The monoisotopic (exact) mass is 324 g/mol. The molecule has 0 saturated carbocycles. The molecule has 20 heavy (non-hydrogen) atoms. The average molecular weight is 325 g/mol. The number of amides is 1. The highest BCUT2D eigenvalue weighted by molar-refractivity contribution is 5.85. The topological polar surface area (TPSA) is 38.8 Å². The van der Waals surface area contributed by atoms with Crippen LogP contribution in [0.3, 0.4) is 0 Å². The van der Waals surface area contributed by atoms with Gasteiger partial charge in [-0.25, -0.2) is 0 Å². The highest BCUT2D eigenvalue weighted by Gasteiger charge is 2.38. The molecule has 0 spiro atoms. The van der Waals surface area contributed by atoms with E-state index in [9.17, 15) is 4.79 Å². The molecule has 5 nitrogen and oxygen atoms in total. The molecule has 3 heterocycles. The van der Waals surface area contributed by atoms with Crippen molar-refractivity contribution in [1.29, 1.82) is 0 Å². The van der Waals surface area contributed by atoms with E-state index in [4.69, 9.17) is 0 Å². The third-order valence-corrected chi connectivity index (χ3v) is 4.73. The first kappa shape index (κ1) is 18.0. The Morgan fingerprint density at radius 1 is 1.00 bits per heavy atom. The van der Waals surface area contributed by atoms with E-state index in [-0.39, 0.29) is 30.9 Å². The van der Waals surface area contributed by atoms with Crippen LogP contribution >= 0.6 is 24.8 Å². The lowest BCUT2D eigenvalue weighted by molar-refractivity contribution is -0.144. The standard InChI is InChI=1S/C13H24N4O.2ClH/c1-15-6-7-16-8-9-17(10-12(16)13(15)18)11-2-4-14-5-3-11;;/h11-12,14H,2-10H2,1H3;2*1H. The van der Waals surface area contributed by atoms with Crippen molar-refractivity contribution < 1.29 is 4.79 Å². The highest BCUT2D eigenvalue weighted by Crippen LogP contribution is 2.20. The fourth-order valence-electron chi connectivity index (χ4n) is 3.49. The van der Waals surface area contributed by atoms with Crippen LogP contribution in [-0.4, -0.2) is 85.6 Å². The number of likely N-dealkylation sites (N-methyl/N-ethyl adjacent to an activating group) is 1. The molecule has 3 rings (SSSR count). The average Bonchev–Trinajstić information content (AvgIpc) is 2.44. The van der Waals surface area contributed by atoms with Crippen LogP contribution in [0.2, 0.25) is 0 Å². The van der Waals surface area contributed by atoms with E-state index in [1.807, 2.05) is 11.9 Å². The van der Waals surface area contributed by atoms with Crippen molar-refractivity contribution in [2.24, 2.45) is 0 Å². The lowest BCUT2D eigenvalue weighted by Crippen LogP contribution is -2.65. The van der Waals surface area contributed by atoms with Crippen LogP contribution < -0.4 is 5.32 Å². The summed E-state index contributed by atoms with van der Waals surface area (Å²) in [5.74, 6) is 0.319. The van der Waals surface area contributed by atoms with Crippen LogP contribution in [-0.2, 0) is 4.79 Å². The molecule has 1 amide bonds. The summed E-state index contributed by atoms with van der Waals surface area (Å²) in [4.78, 5) is 19.1. The Labute approximate surface area is 133 Å². The predicted octanol–water partition coefficient (Wildman–Crippen LogP) is 0.0402. The molecular formula is C13H26Cl2N4O. The maximum absolute atomic E-state index is 12.2. The Morgan fingerprint density at radius 2 is 1.60 bits per heavy atom. The van der Waals surface area contributed by atoms with Crippen LogP contribution in [0.4, 0.5) is 0 Å². The molecule has 3 aliphatic rings. The van der Waals surface area contributed by atoms with E-state index in [0.29, 0.717) is 11.9 Å². The van der Waals surface area contributed by atoms with Crippen LogP contribution in [0.25, 0.3) is 0 Å². The lowest BCUT2D eigenvalue weighted by atomic mass is 10.0. The first-order valence-electron chi connectivity index (χ1n) is 7.19. The van der Waals surface area contributed by atoms with Gasteiger partial charge in [0, 0.05) is 45.8 Å². The molecule has 0 radical (unpaired) electrons. The smallest absolute Gasteiger partial charge is 0.241 e. The van der Waals surface area contributed by atoms with Crippen molar-refractivity contribution in [3.8, 4) is 0 Å². The molecule has 0 bridgehead atoms. The van der Waals surface area contributed by atoms with Gasteiger partial charge in [0.2, 0.25) is 5.91 Å². The Hall–Kier alpha value is -0.0700. The number of fused-ring (bicyclic) bond motifs is 1. The van der Waals surface area contributed by atoms with Gasteiger partial charge in [0.15, 0.2) is 0 Å². The Balaban J connectivity index is 0.000001000. The predicted molar refractivity (Wildman–Crippen MR) is 85.0 cm³/mol. The molecule has 1 N–H and O–H groups in total. The molecule has 0 aromatic carbocycles. The van der Waals surface area contributed by atoms with Crippen molar-refractivity contribution in [3.63, 3.8) is 0 Å². The maximum Gasteiger partial charge on any atom is 0.241 e. The quantitative estimate of drug-likeness (QED) is 0.739. The summed E-state index contributed by atoms with van der Waals surface area (Å²) in [5.41, 5.74) is 0. The molecule has 7 heteroatoms. The minimum atomic E-state index is 0. The van der Waals surface area contributed by atoms with Gasteiger partial charge < -0.3 is 10.2 Å². The van der Waals surface area contributed by atoms with Gasteiger partial charge in [-0.05, 0) is 25.9 Å². The summed E-state index contributed by atoms with van der Waals surface area (Å²) in [6, 6.07) is 0.806. The number of piperidine rings is 1. The van der Waals surface area contributed by atoms with Crippen LogP contribution in [0.15, 0.2) is 0 Å². The van der Waals surface area contributed by atoms with Gasteiger partial charge in [0.1, 0.15) is 6.04 Å². The molecular weight excluding hydrogens is 299 g/mol. The van der Waals surface area contributed by atoms with Gasteiger partial charge in [0.05, 0.1) is 0 Å². The second-order valence-electron chi connectivity index (χ2n) is 5.79. The Bertz CT molecular complexity index is 325. The Kier molecular flexibility index (Phi) is 7.01. The molecule has 0 aromatic rings. The minimum absolute atomic E-state index is 0. The van der Waals surface area contributed by atoms with E-state index in [1.165, 1.54) is 12.8 Å². The first-order chi connectivity index (χ1) is 8.75. The largest absolute Gasteiger partial charge is 0.343 e. The highest BCUT2D eigenvalue weighted by atomic mass is 35.5. The zero-order valence-electron chi connectivity index (χ0n) is 12.1. The van der Waals surface area contributed by atoms with E-state index in [1.54, 1.807) is 0 Å². The zero-order chi connectivity index (χ0) is 12.5. The molecule has 0 aliphatic carbocycles. The molecule has 1 atom stereocenters. The summed E-state index contributed by atoms with van der Waals surface area (Å²) in [5, 5.41) is 3.41. The number of carbonyl (C=O) groups is 1. The number of rotatable bonds is 1. The number of nitrogens with zero attached hydrogens (tertiary/aromatic N) is 3. The fourth-order valence-corrected chi connectivity index (χ4v) is 3.49. The van der Waals surface area contributed by atoms with Crippen molar-refractivity contribution in [2.75, 3.05) is 52.9 Å². The Morgan fingerprint density at radius 3 is 2.30 bits per heavy atom. The molecule has 3 aliphatic heterocycles. The molecule has 118 valence electrons. The molecule has 3 saturated heterocycles. The zero-order valence-corrected chi connectivity index (χ0v) is 13.7. The minimum Gasteiger partial charge on any atom is -0.343 e. The number of hydrogen-bond donors (Lipinski definition) is 1. The van der Waals surface area contributed by atoms with E-state index >= 15 is 0 Å². The summed E-state index contributed by atoms with van der Waals surface area (Å²) < 4.78 is 0. The van der Waals surface area contributed by atoms with Crippen molar-refractivity contribution in [1.82, 2.24) is 20.0 Å². The fraction of sp³-hybridized carbons (Fsp3) is 0.923. The normalized spacial score (nSPS) is 29.4. The number of piperazine rings is 2.